The zero-order valence-electron chi connectivity index (χ0n) is 10.00. The van der Waals surface area contributed by atoms with Gasteiger partial charge in [0.05, 0.1) is 0 Å². The maximum absolute atomic E-state index is 9.79. The van der Waals surface area contributed by atoms with Crippen molar-refractivity contribution in [1.82, 2.24) is 0 Å². The van der Waals surface area contributed by atoms with E-state index in [1.807, 2.05) is 55.5 Å². The van der Waals surface area contributed by atoms with E-state index in [0.717, 1.165) is 27.9 Å². The molecule has 2 aromatic rings. The predicted molar refractivity (Wildman–Crippen MR) is 72.0 cm³/mol. The Hall–Kier alpha value is -2.07. The monoisotopic (exact) mass is 237 g/mol. The second-order valence-corrected chi connectivity index (χ2v) is 4.35. The smallest absolute Gasteiger partial charge is 0.426 e. The molecule has 0 spiro atoms. The van der Waals surface area contributed by atoms with Gasteiger partial charge in [0, 0.05) is 16.6 Å². The highest BCUT2D eigenvalue weighted by atomic mass is 16.6. The minimum atomic E-state index is -0.979. The SMILES string of the molecule is Cc1ccc2c(c1)C(c1ccccc1)=NOB2O. The van der Waals surface area contributed by atoms with Crippen molar-refractivity contribution in [2.24, 2.45) is 5.16 Å². The van der Waals surface area contributed by atoms with Crippen molar-refractivity contribution < 1.29 is 9.78 Å². The van der Waals surface area contributed by atoms with Crippen molar-refractivity contribution in [2.45, 2.75) is 6.92 Å². The molecule has 3 nitrogen and oxygen atoms in total. The van der Waals surface area contributed by atoms with Crippen LogP contribution in [0.2, 0.25) is 0 Å². The van der Waals surface area contributed by atoms with Gasteiger partial charge in [-0.1, -0.05) is 54.1 Å². The van der Waals surface area contributed by atoms with Crippen LogP contribution in [-0.2, 0) is 4.76 Å². The number of hydrogen-bond donors (Lipinski definition) is 1. The van der Waals surface area contributed by atoms with Gasteiger partial charge in [-0.2, -0.15) is 0 Å². The lowest BCUT2D eigenvalue weighted by Crippen LogP contribution is -2.40. The number of aryl methyl sites for hydroxylation is 1. The third-order valence-corrected chi connectivity index (χ3v) is 3.02. The normalized spacial score (nSPS) is 13.7. The van der Waals surface area contributed by atoms with Crippen molar-refractivity contribution in [3.05, 3.63) is 65.2 Å². The molecule has 1 N–H and O–H groups in total. The largest absolute Gasteiger partial charge is 0.583 e. The average molecular weight is 237 g/mol. The van der Waals surface area contributed by atoms with E-state index in [9.17, 15) is 5.02 Å². The van der Waals surface area contributed by atoms with Crippen molar-refractivity contribution in [2.75, 3.05) is 0 Å². The molecule has 1 aliphatic heterocycles. The van der Waals surface area contributed by atoms with Gasteiger partial charge < -0.3 is 9.78 Å². The fraction of sp³-hybridized carbons (Fsp3) is 0.0714. The van der Waals surface area contributed by atoms with Gasteiger partial charge in [0.2, 0.25) is 0 Å². The summed E-state index contributed by atoms with van der Waals surface area (Å²) in [6, 6.07) is 15.7. The molecule has 18 heavy (non-hydrogen) atoms. The molecule has 1 heterocycles. The first-order valence-electron chi connectivity index (χ1n) is 5.84. The number of rotatable bonds is 1. The molecule has 0 aliphatic carbocycles. The van der Waals surface area contributed by atoms with Crippen LogP contribution in [0.4, 0.5) is 0 Å². The Labute approximate surface area is 106 Å². The van der Waals surface area contributed by atoms with E-state index in [1.54, 1.807) is 0 Å². The zero-order valence-corrected chi connectivity index (χ0v) is 10.00. The lowest BCUT2D eigenvalue weighted by molar-refractivity contribution is 0.284. The van der Waals surface area contributed by atoms with E-state index in [2.05, 4.69) is 5.16 Å². The Kier molecular flexibility index (Phi) is 2.65. The Morgan fingerprint density at radius 2 is 1.89 bits per heavy atom. The molecule has 0 aromatic heterocycles. The van der Waals surface area contributed by atoms with Crippen LogP contribution < -0.4 is 5.46 Å². The fourth-order valence-electron chi connectivity index (χ4n) is 2.10. The van der Waals surface area contributed by atoms with Gasteiger partial charge in [-0.25, -0.2) is 0 Å². The van der Waals surface area contributed by atoms with E-state index in [4.69, 9.17) is 4.76 Å². The van der Waals surface area contributed by atoms with Gasteiger partial charge in [-0.3, -0.25) is 0 Å². The van der Waals surface area contributed by atoms with Gasteiger partial charge >= 0.3 is 7.12 Å². The third-order valence-electron chi connectivity index (χ3n) is 3.02. The molecule has 0 fully saturated rings. The maximum atomic E-state index is 9.79. The van der Waals surface area contributed by atoms with E-state index >= 15 is 0 Å². The highest BCUT2D eigenvalue weighted by Gasteiger charge is 2.29. The van der Waals surface area contributed by atoms with Crippen LogP contribution in [-0.4, -0.2) is 17.9 Å². The van der Waals surface area contributed by atoms with E-state index in [-0.39, 0.29) is 0 Å². The number of oxime groups is 1. The van der Waals surface area contributed by atoms with E-state index in [0.29, 0.717) is 0 Å². The standard InChI is InChI=1S/C14H12BNO2/c1-10-7-8-13-12(9-10)14(16-18-15(13)17)11-5-3-2-4-6-11/h2-9,17H,1H3. The van der Waals surface area contributed by atoms with Crippen molar-refractivity contribution in [3.63, 3.8) is 0 Å². The van der Waals surface area contributed by atoms with Gasteiger partial charge in [-0.15, -0.1) is 5.16 Å². The highest BCUT2D eigenvalue weighted by Crippen LogP contribution is 2.15. The maximum Gasteiger partial charge on any atom is 0.583 e. The number of nitrogens with zero attached hydrogens (tertiary/aromatic N) is 1. The van der Waals surface area contributed by atoms with Crippen LogP contribution in [0.3, 0.4) is 0 Å². The van der Waals surface area contributed by atoms with Gasteiger partial charge in [0.25, 0.3) is 0 Å². The van der Waals surface area contributed by atoms with E-state index < -0.39 is 7.12 Å². The van der Waals surface area contributed by atoms with Crippen molar-refractivity contribution in [1.29, 1.82) is 0 Å². The average Bonchev–Trinajstić information content (AvgIpc) is 2.40. The first-order valence-corrected chi connectivity index (χ1v) is 5.84. The second kappa shape index (κ2) is 4.31. The van der Waals surface area contributed by atoms with Crippen molar-refractivity contribution >= 4 is 18.3 Å². The van der Waals surface area contributed by atoms with Crippen LogP contribution in [0.15, 0.2) is 53.7 Å². The molecule has 0 unspecified atom stereocenters. The molecule has 0 atom stereocenters. The summed E-state index contributed by atoms with van der Waals surface area (Å²) in [4.78, 5) is 0. The summed E-state index contributed by atoms with van der Waals surface area (Å²) < 4.78 is 5.05. The molecule has 4 heteroatoms. The lowest BCUT2D eigenvalue weighted by Gasteiger charge is -2.19. The summed E-state index contributed by atoms with van der Waals surface area (Å²) >= 11 is 0. The van der Waals surface area contributed by atoms with Crippen LogP contribution in [0.25, 0.3) is 0 Å². The van der Waals surface area contributed by atoms with Crippen LogP contribution in [0, 0.1) is 6.92 Å². The summed E-state index contributed by atoms with van der Waals surface area (Å²) in [5.74, 6) is 0. The van der Waals surface area contributed by atoms with Crippen LogP contribution in [0.5, 0.6) is 0 Å². The van der Waals surface area contributed by atoms with Gasteiger partial charge in [0.15, 0.2) is 0 Å². The number of hydrogen-bond acceptors (Lipinski definition) is 3. The summed E-state index contributed by atoms with van der Waals surface area (Å²) in [5, 5.41) is 13.8. The minimum absolute atomic E-state index is 0.759. The summed E-state index contributed by atoms with van der Waals surface area (Å²) in [6.45, 7) is 2.02. The zero-order chi connectivity index (χ0) is 12.5. The minimum Gasteiger partial charge on any atom is -0.426 e. The van der Waals surface area contributed by atoms with Crippen LogP contribution in [0.1, 0.15) is 16.7 Å². The third kappa shape index (κ3) is 1.81. The summed E-state index contributed by atoms with van der Waals surface area (Å²) in [6.07, 6.45) is 0. The molecule has 0 saturated carbocycles. The Bertz CT molecular complexity index is 610. The van der Waals surface area contributed by atoms with Gasteiger partial charge in [-0.05, 0) is 6.92 Å². The van der Waals surface area contributed by atoms with E-state index in [1.165, 1.54) is 0 Å². The van der Waals surface area contributed by atoms with Crippen molar-refractivity contribution in [3.8, 4) is 0 Å². The highest BCUT2D eigenvalue weighted by molar-refractivity contribution is 6.62. The summed E-state index contributed by atoms with van der Waals surface area (Å²) in [5.41, 5.74) is 4.57. The number of benzene rings is 2. The predicted octanol–water partition coefficient (Wildman–Crippen LogP) is 1.47. The summed E-state index contributed by atoms with van der Waals surface area (Å²) in [7, 11) is -0.979. The first-order chi connectivity index (χ1) is 8.75. The molecule has 0 saturated heterocycles. The molecule has 88 valence electrons. The molecule has 0 radical (unpaired) electrons. The second-order valence-electron chi connectivity index (χ2n) is 4.35. The molecular formula is C14H12BNO2. The Morgan fingerprint density at radius 1 is 1.11 bits per heavy atom. The van der Waals surface area contributed by atoms with Gasteiger partial charge in [0.1, 0.15) is 5.71 Å². The Balaban J connectivity index is 2.17. The van der Waals surface area contributed by atoms with Crippen LogP contribution >= 0.6 is 0 Å². The molecule has 0 amide bonds. The topological polar surface area (TPSA) is 41.8 Å². The Morgan fingerprint density at radius 3 is 2.67 bits per heavy atom. The molecule has 3 rings (SSSR count). The fourth-order valence-corrected chi connectivity index (χ4v) is 2.10. The number of fused-ring (bicyclic) bond motifs is 1. The molecular weight excluding hydrogens is 225 g/mol. The molecule has 2 aromatic carbocycles. The molecule has 1 aliphatic rings. The lowest BCUT2D eigenvalue weighted by atomic mass is 9.73. The quantitative estimate of drug-likeness (QED) is 0.763. The first kappa shape index (κ1) is 11.0. The molecule has 0 bridgehead atoms.